The number of anilines is 2. The molecule has 0 fully saturated rings. The Morgan fingerprint density at radius 3 is 2.61 bits per heavy atom. The van der Waals surface area contributed by atoms with Gasteiger partial charge in [-0.1, -0.05) is 0 Å². The summed E-state index contributed by atoms with van der Waals surface area (Å²) in [5.74, 6) is 1.53. The van der Waals surface area contributed by atoms with Gasteiger partial charge in [-0.05, 0) is 44.5 Å². The maximum Gasteiger partial charge on any atom is 0.136 e. The molecule has 1 N–H and O–H groups in total. The van der Waals surface area contributed by atoms with Crippen molar-refractivity contribution in [3.8, 4) is 6.07 Å². The normalized spacial score (nSPS) is 9.89. The van der Waals surface area contributed by atoms with Crippen molar-refractivity contribution in [1.29, 1.82) is 5.26 Å². The molecule has 0 aliphatic rings. The molecule has 2 rings (SSSR count). The second-order valence-corrected chi connectivity index (χ2v) is 4.22. The minimum atomic E-state index is 0.691. The van der Waals surface area contributed by atoms with Crippen LogP contribution in [0.3, 0.4) is 0 Å². The molecule has 90 valence electrons. The van der Waals surface area contributed by atoms with Crippen molar-refractivity contribution in [3.05, 3.63) is 46.9 Å². The fourth-order valence-corrected chi connectivity index (χ4v) is 1.66. The van der Waals surface area contributed by atoms with Crippen molar-refractivity contribution in [2.24, 2.45) is 0 Å². The highest BCUT2D eigenvalue weighted by Gasteiger charge is 2.04. The number of nitriles is 1. The molecule has 0 spiro atoms. The summed E-state index contributed by atoms with van der Waals surface area (Å²) in [4.78, 5) is 8.48. The predicted octanol–water partition coefficient (Wildman–Crippen LogP) is 3.02. The average molecular weight is 238 g/mol. The van der Waals surface area contributed by atoms with Gasteiger partial charge < -0.3 is 5.32 Å². The second kappa shape index (κ2) is 4.84. The number of rotatable bonds is 2. The number of hydrogen-bond donors (Lipinski definition) is 1. The molecule has 0 aliphatic carbocycles. The summed E-state index contributed by atoms with van der Waals surface area (Å²) >= 11 is 0. The van der Waals surface area contributed by atoms with Crippen LogP contribution in [0.2, 0.25) is 0 Å². The van der Waals surface area contributed by atoms with Crippen molar-refractivity contribution >= 4 is 11.5 Å². The number of hydrogen-bond acceptors (Lipinski definition) is 4. The SMILES string of the molecule is Cc1ncc(C)c(Nc2ccc(C#N)c(C)c2)n1. The Morgan fingerprint density at radius 2 is 1.94 bits per heavy atom. The van der Waals surface area contributed by atoms with Crippen molar-refractivity contribution in [3.63, 3.8) is 0 Å². The molecule has 0 radical (unpaired) electrons. The zero-order valence-corrected chi connectivity index (χ0v) is 10.7. The highest BCUT2D eigenvalue weighted by atomic mass is 15.0. The number of aromatic nitrogens is 2. The van der Waals surface area contributed by atoms with E-state index in [1.807, 2.05) is 32.9 Å². The first-order valence-electron chi connectivity index (χ1n) is 5.68. The molecule has 1 aromatic carbocycles. The first-order chi connectivity index (χ1) is 8.60. The van der Waals surface area contributed by atoms with E-state index in [-0.39, 0.29) is 0 Å². The number of nitrogens with one attached hydrogen (secondary N) is 1. The Balaban J connectivity index is 2.32. The minimum absolute atomic E-state index is 0.691. The lowest BCUT2D eigenvalue weighted by Gasteiger charge is -2.09. The van der Waals surface area contributed by atoms with E-state index in [2.05, 4.69) is 21.4 Å². The summed E-state index contributed by atoms with van der Waals surface area (Å²) in [6.45, 7) is 5.73. The van der Waals surface area contributed by atoms with Crippen molar-refractivity contribution in [1.82, 2.24) is 9.97 Å². The van der Waals surface area contributed by atoms with Crippen LogP contribution in [-0.4, -0.2) is 9.97 Å². The van der Waals surface area contributed by atoms with Crippen LogP contribution < -0.4 is 5.32 Å². The van der Waals surface area contributed by atoms with Gasteiger partial charge >= 0.3 is 0 Å². The number of benzene rings is 1. The summed E-state index contributed by atoms with van der Waals surface area (Å²) in [5, 5.41) is 12.1. The van der Waals surface area contributed by atoms with Crippen molar-refractivity contribution in [2.75, 3.05) is 5.32 Å². The molecule has 4 nitrogen and oxygen atoms in total. The standard InChI is InChI=1S/C14H14N4/c1-9-6-13(5-4-12(9)7-15)18-14-10(2)8-16-11(3)17-14/h4-6,8H,1-3H3,(H,16,17,18). The Hall–Kier alpha value is -2.41. The maximum atomic E-state index is 8.89. The fraction of sp³-hybridized carbons (Fsp3) is 0.214. The summed E-state index contributed by atoms with van der Waals surface area (Å²) in [6, 6.07) is 7.78. The minimum Gasteiger partial charge on any atom is -0.340 e. The van der Waals surface area contributed by atoms with E-state index in [4.69, 9.17) is 5.26 Å². The Kier molecular flexibility index (Phi) is 3.24. The summed E-state index contributed by atoms with van der Waals surface area (Å²) in [7, 11) is 0. The predicted molar refractivity (Wildman–Crippen MR) is 70.7 cm³/mol. The van der Waals surface area contributed by atoms with Gasteiger partial charge in [-0.15, -0.1) is 0 Å². The van der Waals surface area contributed by atoms with Crippen LogP contribution >= 0.6 is 0 Å². The number of nitrogens with zero attached hydrogens (tertiary/aromatic N) is 3. The topological polar surface area (TPSA) is 61.6 Å². The monoisotopic (exact) mass is 238 g/mol. The third-order valence-corrected chi connectivity index (χ3v) is 2.70. The zero-order valence-electron chi connectivity index (χ0n) is 10.7. The first-order valence-corrected chi connectivity index (χ1v) is 5.68. The molecule has 1 heterocycles. The van der Waals surface area contributed by atoms with Crippen LogP contribution in [0.25, 0.3) is 0 Å². The second-order valence-electron chi connectivity index (χ2n) is 4.22. The molecule has 1 aromatic heterocycles. The van der Waals surface area contributed by atoms with Gasteiger partial charge in [0.2, 0.25) is 0 Å². The van der Waals surface area contributed by atoms with Gasteiger partial charge in [0.05, 0.1) is 11.6 Å². The Morgan fingerprint density at radius 1 is 1.17 bits per heavy atom. The van der Waals surface area contributed by atoms with Crippen LogP contribution in [0.5, 0.6) is 0 Å². The van der Waals surface area contributed by atoms with E-state index in [1.54, 1.807) is 12.3 Å². The van der Waals surface area contributed by atoms with Crippen LogP contribution in [0, 0.1) is 32.1 Å². The lowest BCUT2D eigenvalue weighted by Crippen LogP contribution is -2.00. The third kappa shape index (κ3) is 2.46. The van der Waals surface area contributed by atoms with E-state index in [0.717, 1.165) is 28.5 Å². The Labute approximate surface area is 106 Å². The van der Waals surface area contributed by atoms with Gasteiger partial charge in [0.25, 0.3) is 0 Å². The smallest absolute Gasteiger partial charge is 0.136 e. The van der Waals surface area contributed by atoms with Crippen LogP contribution in [-0.2, 0) is 0 Å². The molecule has 0 atom stereocenters. The highest BCUT2D eigenvalue weighted by molar-refractivity contribution is 5.61. The quantitative estimate of drug-likeness (QED) is 0.873. The van der Waals surface area contributed by atoms with Gasteiger partial charge in [0.1, 0.15) is 11.6 Å². The third-order valence-electron chi connectivity index (χ3n) is 2.70. The molecule has 2 aromatic rings. The fourth-order valence-electron chi connectivity index (χ4n) is 1.66. The zero-order chi connectivity index (χ0) is 13.1. The summed E-state index contributed by atoms with van der Waals surface area (Å²) < 4.78 is 0. The van der Waals surface area contributed by atoms with E-state index >= 15 is 0 Å². The molecule has 0 bridgehead atoms. The van der Waals surface area contributed by atoms with Crippen LogP contribution in [0.4, 0.5) is 11.5 Å². The van der Waals surface area contributed by atoms with E-state index in [0.29, 0.717) is 5.56 Å². The van der Waals surface area contributed by atoms with Gasteiger partial charge in [-0.2, -0.15) is 5.26 Å². The molecular weight excluding hydrogens is 224 g/mol. The van der Waals surface area contributed by atoms with E-state index in [1.165, 1.54) is 0 Å². The van der Waals surface area contributed by atoms with Crippen molar-refractivity contribution in [2.45, 2.75) is 20.8 Å². The van der Waals surface area contributed by atoms with Gasteiger partial charge in [-0.25, -0.2) is 9.97 Å². The summed E-state index contributed by atoms with van der Waals surface area (Å²) in [5.41, 5.74) is 3.55. The molecule has 0 amide bonds. The summed E-state index contributed by atoms with van der Waals surface area (Å²) in [6.07, 6.45) is 1.79. The molecule has 0 aliphatic heterocycles. The molecule has 4 heteroatoms. The van der Waals surface area contributed by atoms with E-state index < -0.39 is 0 Å². The molecular formula is C14H14N4. The maximum absolute atomic E-state index is 8.89. The van der Waals surface area contributed by atoms with Crippen molar-refractivity contribution < 1.29 is 0 Å². The van der Waals surface area contributed by atoms with Gasteiger partial charge in [0, 0.05) is 17.4 Å². The van der Waals surface area contributed by atoms with Gasteiger partial charge in [0.15, 0.2) is 0 Å². The molecule has 0 saturated heterocycles. The van der Waals surface area contributed by atoms with Crippen LogP contribution in [0.15, 0.2) is 24.4 Å². The van der Waals surface area contributed by atoms with Crippen LogP contribution in [0.1, 0.15) is 22.5 Å². The lowest BCUT2D eigenvalue weighted by atomic mass is 10.1. The highest BCUT2D eigenvalue weighted by Crippen LogP contribution is 2.20. The van der Waals surface area contributed by atoms with Gasteiger partial charge in [-0.3, -0.25) is 0 Å². The van der Waals surface area contributed by atoms with E-state index in [9.17, 15) is 0 Å². The molecule has 18 heavy (non-hydrogen) atoms. The molecule has 0 saturated carbocycles. The first kappa shape index (κ1) is 12.1. The largest absolute Gasteiger partial charge is 0.340 e. The average Bonchev–Trinajstić information content (AvgIpc) is 2.34. The number of aryl methyl sites for hydroxylation is 3. The lowest BCUT2D eigenvalue weighted by molar-refractivity contribution is 1.04. The molecule has 0 unspecified atom stereocenters. The Bertz CT molecular complexity index is 626.